The smallest absolute Gasteiger partial charge is 0.0704 e. The van der Waals surface area contributed by atoms with E-state index in [-0.39, 0.29) is 0 Å². The predicted octanol–water partition coefficient (Wildman–Crippen LogP) is 3.97. The van der Waals surface area contributed by atoms with E-state index in [1.165, 1.54) is 23.8 Å². The number of rotatable bonds is 4. The van der Waals surface area contributed by atoms with Gasteiger partial charge in [0, 0.05) is 24.2 Å². The summed E-state index contributed by atoms with van der Waals surface area (Å²) in [6.07, 6.45) is 7.63. The van der Waals surface area contributed by atoms with E-state index in [2.05, 4.69) is 60.2 Å². The second-order valence-corrected chi connectivity index (χ2v) is 6.10. The molecule has 1 aliphatic heterocycles. The zero-order valence-electron chi connectivity index (χ0n) is 12.8. The Morgan fingerprint density at radius 2 is 2.19 bits per heavy atom. The van der Waals surface area contributed by atoms with Crippen LogP contribution in [0.3, 0.4) is 0 Å². The first-order valence-electron chi connectivity index (χ1n) is 8.00. The molecule has 21 heavy (non-hydrogen) atoms. The highest BCUT2D eigenvalue weighted by Gasteiger charge is 2.27. The zero-order chi connectivity index (χ0) is 14.7. The van der Waals surface area contributed by atoms with E-state index >= 15 is 0 Å². The summed E-state index contributed by atoms with van der Waals surface area (Å²) in [5, 5.41) is 5.00. The predicted molar refractivity (Wildman–Crippen MR) is 89.3 cm³/mol. The Labute approximate surface area is 127 Å². The van der Waals surface area contributed by atoms with Gasteiger partial charge in [-0.15, -0.1) is 6.58 Å². The Morgan fingerprint density at radius 3 is 3.00 bits per heavy atom. The number of piperidine rings is 1. The molecule has 0 saturated carbocycles. The average molecular weight is 280 g/mol. The largest absolute Gasteiger partial charge is 0.313 e. The molecule has 2 nitrogen and oxygen atoms in total. The molecule has 2 heterocycles. The van der Waals surface area contributed by atoms with Crippen molar-refractivity contribution in [3.8, 4) is 0 Å². The van der Waals surface area contributed by atoms with Crippen LogP contribution in [0.1, 0.15) is 25.3 Å². The summed E-state index contributed by atoms with van der Waals surface area (Å²) in [7, 11) is 0. The molecule has 0 aliphatic carbocycles. The highest BCUT2D eigenvalue weighted by molar-refractivity contribution is 5.81. The fraction of sp³-hybridized carbons (Fsp3) is 0.421. The van der Waals surface area contributed by atoms with Gasteiger partial charge in [-0.25, -0.2) is 0 Å². The van der Waals surface area contributed by atoms with Crippen LogP contribution in [0.4, 0.5) is 0 Å². The molecular formula is C19H24N2. The van der Waals surface area contributed by atoms with Crippen LogP contribution in [0.25, 0.3) is 10.9 Å². The summed E-state index contributed by atoms with van der Waals surface area (Å²) in [5.74, 6) is 1.39. The highest BCUT2D eigenvalue weighted by Crippen LogP contribution is 2.28. The highest BCUT2D eigenvalue weighted by atomic mass is 14.9. The first-order chi connectivity index (χ1) is 10.3. The summed E-state index contributed by atoms with van der Waals surface area (Å²) in [4.78, 5) is 4.46. The summed E-state index contributed by atoms with van der Waals surface area (Å²) in [6, 6.07) is 11.2. The van der Waals surface area contributed by atoms with Crippen molar-refractivity contribution in [3.63, 3.8) is 0 Å². The van der Waals surface area contributed by atoms with Crippen LogP contribution in [-0.4, -0.2) is 17.6 Å². The van der Waals surface area contributed by atoms with Crippen LogP contribution >= 0.6 is 0 Å². The van der Waals surface area contributed by atoms with E-state index in [9.17, 15) is 0 Å². The normalized spacial score (nSPS) is 25.9. The molecule has 0 unspecified atom stereocenters. The molecule has 0 radical (unpaired) electrons. The van der Waals surface area contributed by atoms with Gasteiger partial charge in [-0.1, -0.05) is 37.6 Å². The van der Waals surface area contributed by atoms with E-state index in [1.54, 1.807) is 0 Å². The number of benzene rings is 1. The van der Waals surface area contributed by atoms with Gasteiger partial charge in [0.05, 0.1) is 5.52 Å². The molecule has 0 spiro atoms. The van der Waals surface area contributed by atoms with E-state index in [0.717, 1.165) is 24.4 Å². The average Bonchev–Trinajstić information content (AvgIpc) is 2.55. The number of fused-ring (bicyclic) bond motifs is 1. The molecule has 2 heteroatoms. The number of hydrogen-bond donors (Lipinski definition) is 1. The van der Waals surface area contributed by atoms with Gasteiger partial charge in [-0.3, -0.25) is 4.98 Å². The molecule has 2 aromatic rings. The summed E-state index contributed by atoms with van der Waals surface area (Å²) >= 11 is 0. The molecule has 3 rings (SSSR count). The SMILES string of the molecule is C=C[C@H]1CN[C@@H](Cc2ccnc3ccccc23)C[C@@H]1CC. The van der Waals surface area contributed by atoms with Crippen molar-refractivity contribution in [3.05, 3.63) is 54.7 Å². The first kappa shape index (κ1) is 14.3. The van der Waals surface area contributed by atoms with Crippen molar-refractivity contribution >= 4 is 10.9 Å². The third-order valence-corrected chi connectivity index (χ3v) is 4.87. The standard InChI is InChI=1S/C19H24N2/c1-3-14-11-17(21-13-15(14)4-2)12-16-9-10-20-19-8-6-5-7-18(16)19/h4-10,14-15,17,21H,2-3,11-13H2,1H3/t14-,15-,17+/m0/s1. The molecule has 0 bridgehead atoms. The number of nitrogens with zero attached hydrogens (tertiary/aromatic N) is 1. The van der Waals surface area contributed by atoms with E-state index in [4.69, 9.17) is 0 Å². The Hall–Kier alpha value is -1.67. The minimum Gasteiger partial charge on any atom is -0.313 e. The van der Waals surface area contributed by atoms with Crippen molar-refractivity contribution in [1.82, 2.24) is 10.3 Å². The van der Waals surface area contributed by atoms with E-state index < -0.39 is 0 Å². The maximum absolute atomic E-state index is 4.46. The molecule has 1 aromatic carbocycles. The van der Waals surface area contributed by atoms with E-state index in [0.29, 0.717) is 12.0 Å². The second-order valence-electron chi connectivity index (χ2n) is 6.10. The third-order valence-electron chi connectivity index (χ3n) is 4.87. The van der Waals surface area contributed by atoms with Crippen molar-refractivity contribution in [2.45, 2.75) is 32.2 Å². The van der Waals surface area contributed by atoms with Crippen LogP contribution in [0, 0.1) is 11.8 Å². The maximum Gasteiger partial charge on any atom is 0.0704 e. The summed E-state index contributed by atoms with van der Waals surface area (Å²) < 4.78 is 0. The molecule has 1 N–H and O–H groups in total. The number of para-hydroxylation sites is 1. The molecule has 1 aliphatic rings. The monoisotopic (exact) mass is 280 g/mol. The van der Waals surface area contributed by atoms with Crippen LogP contribution < -0.4 is 5.32 Å². The number of nitrogens with one attached hydrogen (secondary N) is 1. The minimum atomic E-state index is 0.567. The van der Waals surface area contributed by atoms with Crippen molar-refractivity contribution in [2.75, 3.05) is 6.54 Å². The van der Waals surface area contributed by atoms with Crippen LogP contribution in [-0.2, 0) is 6.42 Å². The van der Waals surface area contributed by atoms with Gasteiger partial charge < -0.3 is 5.32 Å². The molecule has 1 fully saturated rings. The van der Waals surface area contributed by atoms with Crippen molar-refractivity contribution in [1.29, 1.82) is 0 Å². The first-order valence-corrected chi connectivity index (χ1v) is 8.00. The van der Waals surface area contributed by atoms with Crippen LogP contribution in [0.5, 0.6) is 0 Å². The molecule has 1 aromatic heterocycles. The third kappa shape index (κ3) is 3.01. The van der Waals surface area contributed by atoms with Gasteiger partial charge >= 0.3 is 0 Å². The van der Waals surface area contributed by atoms with E-state index in [1.807, 2.05) is 6.20 Å². The Kier molecular flexibility index (Phi) is 4.35. The quantitative estimate of drug-likeness (QED) is 0.857. The molecule has 1 saturated heterocycles. The minimum absolute atomic E-state index is 0.567. The lowest BCUT2D eigenvalue weighted by atomic mass is 9.80. The lowest BCUT2D eigenvalue weighted by Gasteiger charge is -2.35. The molecular weight excluding hydrogens is 256 g/mol. The second kappa shape index (κ2) is 6.40. The molecule has 0 amide bonds. The van der Waals surface area contributed by atoms with Gasteiger partial charge in [-0.2, -0.15) is 0 Å². The van der Waals surface area contributed by atoms with Crippen LogP contribution in [0.15, 0.2) is 49.2 Å². The van der Waals surface area contributed by atoms with Gasteiger partial charge in [0.25, 0.3) is 0 Å². The summed E-state index contributed by atoms with van der Waals surface area (Å²) in [5.41, 5.74) is 2.51. The van der Waals surface area contributed by atoms with Gasteiger partial charge in [-0.05, 0) is 42.4 Å². The lowest BCUT2D eigenvalue weighted by molar-refractivity contribution is 0.239. The maximum atomic E-state index is 4.46. The fourth-order valence-electron chi connectivity index (χ4n) is 3.59. The van der Waals surface area contributed by atoms with Crippen LogP contribution in [0.2, 0.25) is 0 Å². The number of aromatic nitrogens is 1. The van der Waals surface area contributed by atoms with Gasteiger partial charge in [0.15, 0.2) is 0 Å². The Balaban J connectivity index is 1.78. The van der Waals surface area contributed by atoms with Gasteiger partial charge in [0.2, 0.25) is 0 Å². The Morgan fingerprint density at radius 1 is 1.33 bits per heavy atom. The molecule has 3 atom stereocenters. The fourth-order valence-corrected chi connectivity index (χ4v) is 3.59. The number of pyridine rings is 1. The lowest BCUT2D eigenvalue weighted by Crippen LogP contribution is -2.44. The van der Waals surface area contributed by atoms with Gasteiger partial charge in [0.1, 0.15) is 0 Å². The summed E-state index contributed by atoms with van der Waals surface area (Å²) in [6.45, 7) is 7.35. The Bertz CT molecular complexity index is 614. The zero-order valence-corrected chi connectivity index (χ0v) is 12.8. The van der Waals surface area contributed by atoms with Crippen molar-refractivity contribution in [2.24, 2.45) is 11.8 Å². The molecule has 110 valence electrons. The van der Waals surface area contributed by atoms with Crippen molar-refractivity contribution < 1.29 is 0 Å². The number of hydrogen-bond acceptors (Lipinski definition) is 2. The topological polar surface area (TPSA) is 24.9 Å².